The average molecular weight is 191 g/mol. The van der Waals surface area contributed by atoms with E-state index in [0.29, 0.717) is 5.92 Å². The van der Waals surface area contributed by atoms with Gasteiger partial charge < -0.3 is 0 Å². The van der Waals surface area contributed by atoms with E-state index in [-0.39, 0.29) is 5.38 Å². The van der Waals surface area contributed by atoms with Gasteiger partial charge in [0, 0.05) is 0 Å². The summed E-state index contributed by atoms with van der Waals surface area (Å²) in [6, 6.07) is 0. The Hall–Kier alpha value is 0.0600. The maximum atomic E-state index is 6.29. The lowest BCUT2D eigenvalue weighted by molar-refractivity contribution is 0.507. The monoisotopic (exact) mass is 190 g/mol. The average Bonchev–Trinajstić information content (AvgIpc) is 1.95. The summed E-state index contributed by atoms with van der Waals surface area (Å²) in [5.41, 5.74) is 0. The van der Waals surface area contributed by atoms with Crippen LogP contribution in [0.5, 0.6) is 0 Å². The van der Waals surface area contributed by atoms with Crippen molar-refractivity contribution in [1.29, 1.82) is 0 Å². The number of allylic oxidation sites excluding steroid dienone is 4. The number of hydrogen-bond donors (Lipinski definition) is 0. The van der Waals surface area contributed by atoms with E-state index in [0.717, 1.165) is 0 Å². The summed E-state index contributed by atoms with van der Waals surface area (Å²) < 4.78 is 0. The van der Waals surface area contributed by atoms with Gasteiger partial charge in [-0.1, -0.05) is 38.2 Å². The third-order valence-electron chi connectivity index (χ3n) is 2.05. The van der Waals surface area contributed by atoms with E-state index in [1.54, 1.807) is 0 Å². The van der Waals surface area contributed by atoms with Gasteiger partial charge in [-0.2, -0.15) is 0 Å². The summed E-state index contributed by atoms with van der Waals surface area (Å²) in [4.78, 5) is -0.393. The van der Waals surface area contributed by atoms with Crippen LogP contribution in [0.4, 0.5) is 0 Å². The van der Waals surface area contributed by atoms with E-state index in [1.165, 1.54) is 0 Å². The van der Waals surface area contributed by atoms with Gasteiger partial charge in [0.2, 0.25) is 0 Å². The molecule has 11 heavy (non-hydrogen) atoms. The van der Waals surface area contributed by atoms with Crippen LogP contribution in [0.15, 0.2) is 24.3 Å². The Balaban J connectivity index is 2.85. The second-order valence-corrected chi connectivity index (χ2v) is 4.25. The highest BCUT2D eigenvalue weighted by Crippen LogP contribution is 2.36. The Morgan fingerprint density at radius 3 is 2.36 bits per heavy atom. The van der Waals surface area contributed by atoms with Crippen LogP contribution in [-0.4, -0.2) is 10.3 Å². The highest BCUT2D eigenvalue weighted by Gasteiger charge is 2.35. The van der Waals surface area contributed by atoms with Gasteiger partial charge in [-0.15, -0.1) is 23.2 Å². The van der Waals surface area contributed by atoms with Crippen LogP contribution < -0.4 is 0 Å². The van der Waals surface area contributed by atoms with E-state index in [1.807, 2.05) is 24.3 Å². The molecule has 0 aromatic rings. The van der Waals surface area contributed by atoms with Crippen LogP contribution in [0.3, 0.4) is 0 Å². The molecular formula is C9H12Cl2. The van der Waals surface area contributed by atoms with Crippen LogP contribution in [0, 0.1) is 5.92 Å². The van der Waals surface area contributed by atoms with Gasteiger partial charge in [0.25, 0.3) is 0 Å². The summed E-state index contributed by atoms with van der Waals surface area (Å²) in [6.45, 7) is 4.15. The van der Waals surface area contributed by atoms with Crippen molar-refractivity contribution in [2.24, 2.45) is 5.92 Å². The number of alkyl halides is 2. The minimum Gasteiger partial charge on any atom is -0.116 e. The number of halogens is 2. The molecule has 0 fully saturated rings. The summed E-state index contributed by atoms with van der Waals surface area (Å²) in [5, 5.41) is -0.0887. The largest absolute Gasteiger partial charge is 0.116 e. The first-order chi connectivity index (χ1) is 5.07. The second-order valence-electron chi connectivity index (χ2n) is 3.13. The van der Waals surface area contributed by atoms with Crippen molar-refractivity contribution in [2.45, 2.75) is 24.1 Å². The van der Waals surface area contributed by atoms with E-state index in [9.17, 15) is 0 Å². The third kappa shape index (κ3) is 1.62. The quantitative estimate of drug-likeness (QED) is 0.557. The van der Waals surface area contributed by atoms with Crippen LogP contribution in [0.25, 0.3) is 0 Å². The molecule has 1 aliphatic rings. The summed E-state index contributed by atoms with van der Waals surface area (Å²) >= 11 is 12.3. The molecule has 2 unspecified atom stereocenters. The molecule has 1 rings (SSSR count). The summed E-state index contributed by atoms with van der Waals surface area (Å²) in [6.07, 6.45) is 7.78. The Bertz CT molecular complexity index is 194. The van der Waals surface area contributed by atoms with Crippen molar-refractivity contribution in [3.05, 3.63) is 24.3 Å². The summed E-state index contributed by atoms with van der Waals surface area (Å²) in [5.74, 6) is 0.355. The lowest BCUT2D eigenvalue weighted by atomic mass is 9.88. The molecule has 0 N–H and O–H groups in total. The fourth-order valence-corrected chi connectivity index (χ4v) is 1.67. The molecule has 0 aromatic carbocycles. The highest BCUT2D eigenvalue weighted by molar-refractivity contribution is 6.34. The minimum absolute atomic E-state index is 0.0887. The molecule has 0 nitrogen and oxygen atoms in total. The van der Waals surface area contributed by atoms with Crippen molar-refractivity contribution in [3.63, 3.8) is 0 Å². The molecule has 62 valence electrons. The molecule has 2 heteroatoms. The third-order valence-corrected chi connectivity index (χ3v) is 3.47. The van der Waals surface area contributed by atoms with Crippen molar-refractivity contribution in [3.8, 4) is 0 Å². The standard InChI is InChI=1S/C9H12Cl2/c1-7(2)9(11)6-4-3-5-8(9)10/h3-8H,1-2H3. The SMILES string of the molecule is CC(C)C1(Cl)C=CC=CC1Cl. The maximum Gasteiger partial charge on any atom is 0.0850 e. The Morgan fingerprint density at radius 1 is 1.36 bits per heavy atom. The van der Waals surface area contributed by atoms with Crippen LogP contribution in [-0.2, 0) is 0 Å². The molecule has 0 saturated carbocycles. The highest BCUT2D eigenvalue weighted by atomic mass is 35.5. The molecular weight excluding hydrogens is 179 g/mol. The molecule has 0 radical (unpaired) electrons. The van der Waals surface area contributed by atoms with E-state index in [4.69, 9.17) is 23.2 Å². The van der Waals surface area contributed by atoms with Gasteiger partial charge in [0.1, 0.15) is 0 Å². The lowest BCUT2D eigenvalue weighted by Gasteiger charge is -2.32. The zero-order valence-corrected chi connectivity index (χ0v) is 8.23. The van der Waals surface area contributed by atoms with E-state index in [2.05, 4.69) is 13.8 Å². The molecule has 1 aliphatic carbocycles. The van der Waals surface area contributed by atoms with Gasteiger partial charge in [-0.25, -0.2) is 0 Å². The molecule has 0 saturated heterocycles. The second kappa shape index (κ2) is 3.20. The minimum atomic E-state index is -0.393. The normalized spacial score (nSPS) is 36.6. The van der Waals surface area contributed by atoms with E-state index >= 15 is 0 Å². The first-order valence-electron chi connectivity index (χ1n) is 3.76. The van der Waals surface area contributed by atoms with Crippen molar-refractivity contribution in [2.75, 3.05) is 0 Å². The first-order valence-corrected chi connectivity index (χ1v) is 4.58. The zero-order valence-electron chi connectivity index (χ0n) is 6.72. The number of rotatable bonds is 1. The molecule has 0 bridgehead atoms. The van der Waals surface area contributed by atoms with Gasteiger partial charge in [0.05, 0.1) is 10.3 Å². The fourth-order valence-electron chi connectivity index (χ4n) is 1.12. The van der Waals surface area contributed by atoms with Crippen LogP contribution >= 0.6 is 23.2 Å². The Kier molecular flexibility index (Phi) is 2.66. The van der Waals surface area contributed by atoms with Crippen molar-refractivity contribution >= 4 is 23.2 Å². The molecule has 2 atom stereocenters. The van der Waals surface area contributed by atoms with Crippen molar-refractivity contribution < 1.29 is 0 Å². The van der Waals surface area contributed by atoms with Crippen molar-refractivity contribution in [1.82, 2.24) is 0 Å². The molecule has 0 aliphatic heterocycles. The lowest BCUT2D eigenvalue weighted by Crippen LogP contribution is -2.36. The van der Waals surface area contributed by atoms with E-state index < -0.39 is 4.87 Å². The topological polar surface area (TPSA) is 0 Å². The maximum absolute atomic E-state index is 6.29. The molecule has 0 amide bonds. The number of hydrogen-bond acceptors (Lipinski definition) is 0. The zero-order chi connectivity index (χ0) is 8.48. The van der Waals surface area contributed by atoms with Gasteiger partial charge in [0.15, 0.2) is 0 Å². The summed E-state index contributed by atoms with van der Waals surface area (Å²) in [7, 11) is 0. The van der Waals surface area contributed by atoms with Gasteiger partial charge in [-0.3, -0.25) is 0 Å². The fraction of sp³-hybridized carbons (Fsp3) is 0.556. The Labute approximate surface area is 77.9 Å². The Morgan fingerprint density at radius 2 is 2.00 bits per heavy atom. The predicted octanol–water partition coefficient (Wildman–Crippen LogP) is 3.35. The van der Waals surface area contributed by atoms with Crippen LogP contribution in [0.1, 0.15) is 13.8 Å². The molecule has 0 heterocycles. The van der Waals surface area contributed by atoms with Crippen LogP contribution in [0.2, 0.25) is 0 Å². The molecule has 0 spiro atoms. The van der Waals surface area contributed by atoms with Gasteiger partial charge in [-0.05, 0) is 5.92 Å². The predicted molar refractivity (Wildman–Crippen MR) is 51.3 cm³/mol. The smallest absolute Gasteiger partial charge is 0.0850 e. The van der Waals surface area contributed by atoms with Gasteiger partial charge >= 0.3 is 0 Å². The molecule has 0 aromatic heterocycles. The first kappa shape index (κ1) is 9.15.